The van der Waals surface area contributed by atoms with Gasteiger partial charge in [-0.2, -0.15) is 0 Å². The number of pyridine rings is 1. The Labute approximate surface area is 108 Å². The first-order chi connectivity index (χ1) is 8.65. The first-order valence-corrected chi connectivity index (χ1v) is 6.08. The second-order valence-corrected chi connectivity index (χ2v) is 4.38. The summed E-state index contributed by atoms with van der Waals surface area (Å²) in [4.78, 5) is 4.69. The topological polar surface area (TPSA) is 24.9 Å². The lowest BCUT2D eigenvalue weighted by atomic mass is 10.1. The predicted octanol–water partition coefficient (Wildman–Crippen LogP) is 4.52. The number of aryl methyl sites for hydroxylation is 1. The van der Waals surface area contributed by atoms with E-state index >= 15 is 0 Å². The third-order valence-corrected chi connectivity index (χ3v) is 3.13. The average Bonchev–Trinajstić information content (AvgIpc) is 2.38. The van der Waals surface area contributed by atoms with Crippen molar-refractivity contribution in [2.24, 2.45) is 0 Å². The van der Waals surface area contributed by atoms with Crippen LogP contribution < -0.4 is 5.32 Å². The number of allylic oxidation sites excluding steroid dienone is 2. The van der Waals surface area contributed by atoms with Gasteiger partial charge in [-0.1, -0.05) is 18.7 Å². The van der Waals surface area contributed by atoms with Gasteiger partial charge in [-0.3, -0.25) is 0 Å². The minimum Gasteiger partial charge on any atom is -0.362 e. The minimum absolute atomic E-state index is 1.00. The molecule has 2 rings (SSSR count). The average molecular weight is 238 g/mol. The summed E-state index contributed by atoms with van der Waals surface area (Å²) in [5.74, 6) is 0. The van der Waals surface area contributed by atoms with Crippen molar-refractivity contribution in [1.82, 2.24) is 4.98 Å². The van der Waals surface area contributed by atoms with Crippen LogP contribution in [-0.4, -0.2) is 4.98 Å². The van der Waals surface area contributed by atoms with E-state index in [1.807, 2.05) is 6.92 Å². The summed E-state index contributed by atoms with van der Waals surface area (Å²) in [6.07, 6.45) is 3.76. The molecule has 2 aromatic rings. The molecular formula is C16H18N2. The number of nitrogens with zero attached hydrogens (tertiary/aromatic N) is 1. The maximum Gasteiger partial charge on any atom is 0.0730 e. The van der Waals surface area contributed by atoms with Crippen LogP contribution in [0.5, 0.6) is 0 Å². The van der Waals surface area contributed by atoms with Crippen LogP contribution in [0, 0.1) is 6.92 Å². The van der Waals surface area contributed by atoms with Crippen molar-refractivity contribution >= 4 is 22.2 Å². The molecule has 2 nitrogen and oxygen atoms in total. The number of nitrogens with one attached hydrogen (secondary N) is 1. The number of fused-ring (bicyclic) bond motifs is 1. The van der Waals surface area contributed by atoms with E-state index in [0.717, 1.165) is 22.3 Å². The second kappa shape index (κ2) is 5.05. The number of rotatable bonds is 3. The molecule has 92 valence electrons. The number of aromatic nitrogens is 1. The van der Waals surface area contributed by atoms with Crippen LogP contribution in [0.2, 0.25) is 0 Å². The van der Waals surface area contributed by atoms with E-state index in [-0.39, 0.29) is 0 Å². The molecule has 0 amide bonds. The van der Waals surface area contributed by atoms with Crippen molar-refractivity contribution in [2.75, 3.05) is 5.32 Å². The predicted molar refractivity (Wildman–Crippen MR) is 79.6 cm³/mol. The van der Waals surface area contributed by atoms with Gasteiger partial charge in [-0.15, -0.1) is 0 Å². The van der Waals surface area contributed by atoms with Crippen molar-refractivity contribution < 1.29 is 0 Å². The smallest absolute Gasteiger partial charge is 0.0730 e. The summed E-state index contributed by atoms with van der Waals surface area (Å²) in [5.41, 5.74) is 5.47. The molecule has 0 aliphatic rings. The number of hydrogen-bond donors (Lipinski definition) is 1. The van der Waals surface area contributed by atoms with Crippen molar-refractivity contribution in [2.45, 2.75) is 20.8 Å². The quantitative estimate of drug-likeness (QED) is 0.850. The number of benzene rings is 1. The van der Waals surface area contributed by atoms with Gasteiger partial charge in [-0.05, 0) is 56.3 Å². The Hall–Kier alpha value is -2.09. The molecule has 0 aliphatic heterocycles. The molecule has 1 N–H and O–H groups in total. The summed E-state index contributed by atoms with van der Waals surface area (Å²) in [7, 11) is 0. The highest BCUT2D eigenvalue weighted by Crippen LogP contribution is 2.24. The van der Waals surface area contributed by atoms with Crippen molar-refractivity contribution in [3.8, 4) is 0 Å². The lowest BCUT2D eigenvalue weighted by Gasteiger charge is -2.09. The van der Waals surface area contributed by atoms with E-state index in [9.17, 15) is 0 Å². The van der Waals surface area contributed by atoms with Gasteiger partial charge in [-0.25, -0.2) is 4.98 Å². The largest absolute Gasteiger partial charge is 0.362 e. The second-order valence-electron chi connectivity index (χ2n) is 4.38. The van der Waals surface area contributed by atoms with Crippen molar-refractivity contribution in [3.05, 3.63) is 54.4 Å². The third kappa shape index (κ3) is 2.28. The fraction of sp³-hybridized carbons (Fsp3) is 0.188. The van der Waals surface area contributed by atoms with Crippen molar-refractivity contribution in [1.29, 1.82) is 0 Å². The molecule has 0 atom stereocenters. The zero-order valence-electron chi connectivity index (χ0n) is 11.1. The van der Waals surface area contributed by atoms with Gasteiger partial charge in [0, 0.05) is 11.1 Å². The van der Waals surface area contributed by atoms with Crippen LogP contribution in [0.15, 0.2) is 43.1 Å². The van der Waals surface area contributed by atoms with Crippen LogP contribution in [0.25, 0.3) is 16.5 Å². The lowest BCUT2D eigenvalue weighted by Crippen LogP contribution is -1.93. The van der Waals surface area contributed by atoms with E-state index in [1.165, 1.54) is 11.1 Å². The Kier molecular flexibility index (Phi) is 3.47. The van der Waals surface area contributed by atoms with E-state index < -0.39 is 0 Å². The van der Waals surface area contributed by atoms with Crippen LogP contribution in [-0.2, 0) is 0 Å². The maximum atomic E-state index is 4.69. The molecule has 1 heterocycles. The molecule has 0 spiro atoms. The van der Waals surface area contributed by atoms with E-state index in [2.05, 4.69) is 61.1 Å². The zero-order valence-corrected chi connectivity index (χ0v) is 11.1. The Morgan fingerprint density at radius 2 is 2.11 bits per heavy atom. The molecular weight excluding hydrogens is 220 g/mol. The van der Waals surface area contributed by atoms with Crippen LogP contribution >= 0.6 is 0 Å². The van der Waals surface area contributed by atoms with Crippen LogP contribution in [0.1, 0.15) is 25.1 Å². The van der Waals surface area contributed by atoms with E-state index in [1.54, 1.807) is 6.20 Å². The highest BCUT2D eigenvalue weighted by atomic mass is 14.8. The Morgan fingerprint density at radius 3 is 2.78 bits per heavy atom. The summed E-state index contributed by atoms with van der Waals surface area (Å²) >= 11 is 0. The van der Waals surface area contributed by atoms with Gasteiger partial charge >= 0.3 is 0 Å². The Balaban J connectivity index is 2.61. The third-order valence-electron chi connectivity index (χ3n) is 3.13. The molecule has 2 heteroatoms. The Morgan fingerprint density at radius 1 is 1.33 bits per heavy atom. The van der Waals surface area contributed by atoms with Gasteiger partial charge in [0.05, 0.1) is 11.2 Å². The summed E-state index contributed by atoms with van der Waals surface area (Å²) in [6.45, 7) is 9.88. The number of hydrogen-bond acceptors (Lipinski definition) is 2. The van der Waals surface area contributed by atoms with Crippen LogP contribution in [0.4, 0.5) is 5.69 Å². The molecule has 0 saturated carbocycles. The molecule has 0 aliphatic carbocycles. The fourth-order valence-corrected chi connectivity index (χ4v) is 1.92. The van der Waals surface area contributed by atoms with E-state index in [4.69, 9.17) is 0 Å². The molecule has 18 heavy (non-hydrogen) atoms. The maximum absolute atomic E-state index is 4.69. The highest BCUT2D eigenvalue weighted by Gasteiger charge is 2.03. The van der Waals surface area contributed by atoms with Gasteiger partial charge in [0.2, 0.25) is 0 Å². The van der Waals surface area contributed by atoms with E-state index in [0.29, 0.717) is 0 Å². The van der Waals surface area contributed by atoms with Gasteiger partial charge in [0.15, 0.2) is 0 Å². The lowest BCUT2D eigenvalue weighted by molar-refractivity contribution is 1.32. The Bertz CT molecular complexity index is 624. The van der Waals surface area contributed by atoms with Crippen molar-refractivity contribution in [3.63, 3.8) is 0 Å². The first-order valence-electron chi connectivity index (χ1n) is 6.08. The summed E-state index contributed by atoms with van der Waals surface area (Å²) in [5, 5.41) is 4.30. The SMILES string of the molecule is C=CNc1cc2nc(/C(C)=C/C)ccc2cc1C. The molecule has 0 radical (unpaired) electrons. The minimum atomic E-state index is 1.00. The van der Waals surface area contributed by atoms with Gasteiger partial charge < -0.3 is 5.32 Å². The molecule has 1 aromatic heterocycles. The monoisotopic (exact) mass is 238 g/mol. The molecule has 0 saturated heterocycles. The zero-order chi connectivity index (χ0) is 13.1. The normalized spacial score (nSPS) is 11.6. The highest BCUT2D eigenvalue weighted by molar-refractivity contribution is 5.85. The fourth-order valence-electron chi connectivity index (χ4n) is 1.92. The standard InChI is InChI=1S/C16H18N2/c1-5-11(3)14-8-7-13-9-12(4)15(17-6-2)10-16(13)18-14/h5-10,17H,2H2,1,3-4H3/b11-5+. The van der Waals surface area contributed by atoms with Gasteiger partial charge in [0.25, 0.3) is 0 Å². The first kappa shape index (κ1) is 12.4. The summed E-state index contributed by atoms with van der Waals surface area (Å²) in [6, 6.07) is 8.40. The molecule has 0 bridgehead atoms. The molecule has 1 aromatic carbocycles. The number of anilines is 1. The van der Waals surface area contributed by atoms with Crippen LogP contribution in [0.3, 0.4) is 0 Å². The molecule has 0 unspecified atom stereocenters. The molecule has 0 fully saturated rings. The summed E-state index contributed by atoms with van der Waals surface area (Å²) < 4.78 is 0. The van der Waals surface area contributed by atoms with Gasteiger partial charge in [0.1, 0.15) is 0 Å².